The van der Waals surface area contributed by atoms with Gasteiger partial charge in [0.15, 0.2) is 0 Å². The molecule has 0 spiro atoms. The zero-order valence-electron chi connectivity index (χ0n) is 12.6. The van der Waals surface area contributed by atoms with Crippen molar-refractivity contribution in [3.8, 4) is 0 Å². The number of carbonyl (C=O) groups is 2. The van der Waals surface area contributed by atoms with Gasteiger partial charge in [-0.05, 0) is 24.6 Å². The lowest BCUT2D eigenvalue weighted by Gasteiger charge is -2.36. The zero-order valence-corrected chi connectivity index (χ0v) is 12.6. The summed E-state index contributed by atoms with van der Waals surface area (Å²) >= 11 is 0. The van der Waals surface area contributed by atoms with Crippen LogP contribution in [0, 0.1) is 5.82 Å². The van der Waals surface area contributed by atoms with Crippen LogP contribution in [0.2, 0.25) is 0 Å². The van der Waals surface area contributed by atoms with Gasteiger partial charge in [-0.25, -0.2) is 4.39 Å². The van der Waals surface area contributed by atoms with E-state index in [1.54, 1.807) is 24.3 Å². The number of halogens is 1. The largest absolute Gasteiger partial charge is 0.322 e. The number of hydrogen-bond donors (Lipinski definition) is 1. The predicted molar refractivity (Wildman–Crippen MR) is 84.8 cm³/mol. The molecule has 2 amide bonds. The van der Waals surface area contributed by atoms with Gasteiger partial charge in [-0.2, -0.15) is 0 Å². The number of benzene rings is 1. The van der Waals surface area contributed by atoms with E-state index in [0.717, 1.165) is 18.7 Å². The van der Waals surface area contributed by atoms with Crippen molar-refractivity contribution in [3.63, 3.8) is 0 Å². The Morgan fingerprint density at radius 2 is 2.13 bits per heavy atom. The van der Waals surface area contributed by atoms with Crippen LogP contribution in [0.1, 0.15) is 30.1 Å². The van der Waals surface area contributed by atoms with Crippen LogP contribution >= 0.6 is 0 Å². The molecule has 0 bridgehead atoms. The van der Waals surface area contributed by atoms with Crippen molar-refractivity contribution in [1.29, 1.82) is 0 Å². The first-order valence-corrected chi connectivity index (χ1v) is 7.46. The summed E-state index contributed by atoms with van der Waals surface area (Å²) in [5, 5.41) is 2.82. The molecule has 118 valence electrons. The van der Waals surface area contributed by atoms with Gasteiger partial charge in [0.25, 0.3) is 5.91 Å². The highest BCUT2D eigenvalue weighted by molar-refractivity contribution is 6.16. The second-order valence-electron chi connectivity index (χ2n) is 5.38. The van der Waals surface area contributed by atoms with Gasteiger partial charge >= 0.3 is 0 Å². The molecular weight excluding hydrogens is 297 g/mol. The molecule has 2 aromatic rings. The van der Waals surface area contributed by atoms with E-state index in [9.17, 15) is 14.0 Å². The summed E-state index contributed by atoms with van der Waals surface area (Å²) in [6, 6.07) is 7.59. The smallest absolute Gasteiger partial charge is 0.260 e. The van der Waals surface area contributed by atoms with Crippen molar-refractivity contribution in [3.05, 3.63) is 54.1 Å². The number of amides is 2. The van der Waals surface area contributed by atoms with Crippen molar-refractivity contribution in [2.45, 2.75) is 25.8 Å². The van der Waals surface area contributed by atoms with Crippen LogP contribution in [-0.2, 0) is 4.79 Å². The van der Waals surface area contributed by atoms with Gasteiger partial charge in [-0.15, -0.1) is 0 Å². The SMILES string of the molecule is CCCC1C(=O)Nc2ccccc2N1C(=O)c1cncc(F)c1. The Hall–Kier alpha value is -2.76. The third-order valence-corrected chi connectivity index (χ3v) is 3.77. The minimum absolute atomic E-state index is 0.121. The van der Waals surface area contributed by atoms with Crippen LogP contribution < -0.4 is 10.2 Å². The molecule has 0 fully saturated rings. The van der Waals surface area contributed by atoms with E-state index < -0.39 is 17.8 Å². The Morgan fingerprint density at radius 3 is 2.87 bits per heavy atom. The Morgan fingerprint density at radius 1 is 1.35 bits per heavy atom. The molecule has 0 saturated carbocycles. The van der Waals surface area contributed by atoms with Gasteiger partial charge in [0, 0.05) is 6.20 Å². The monoisotopic (exact) mass is 313 g/mol. The molecule has 0 aliphatic carbocycles. The summed E-state index contributed by atoms with van der Waals surface area (Å²) < 4.78 is 13.4. The molecule has 0 radical (unpaired) electrons. The normalized spacial score (nSPS) is 16.7. The number of hydrogen-bond acceptors (Lipinski definition) is 3. The summed E-state index contributed by atoms with van der Waals surface area (Å²) in [5.41, 5.74) is 1.30. The van der Waals surface area contributed by atoms with Crippen LogP contribution in [0.5, 0.6) is 0 Å². The fourth-order valence-electron chi connectivity index (χ4n) is 2.74. The van der Waals surface area contributed by atoms with Gasteiger partial charge in [0.1, 0.15) is 11.9 Å². The van der Waals surface area contributed by atoms with Gasteiger partial charge in [0.2, 0.25) is 5.91 Å². The Kier molecular flexibility index (Phi) is 4.06. The molecule has 1 aromatic carbocycles. The van der Waals surface area contributed by atoms with E-state index in [2.05, 4.69) is 10.3 Å². The minimum Gasteiger partial charge on any atom is -0.322 e. The number of nitrogens with zero attached hydrogens (tertiary/aromatic N) is 2. The molecule has 23 heavy (non-hydrogen) atoms. The maximum Gasteiger partial charge on any atom is 0.260 e. The fourth-order valence-corrected chi connectivity index (χ4v) is 2.74. The molecular formula is C17H16FN3O2. The standard InChI is InChI=1S/C17H16FN3O2/c1-2-5-15-16(22)20-13-6-3-4-7-14(13)21(15)17(23)11-8-12(18)10-19-9-11/h3-4,6-10,15H,2,5H2,1H3,(H,20,22). The van der Waals surface area contributed by atoms with Gasteiger partial charge < -0.3 is 5.32 Å². The molecule has 1 N–H and O–H groups in total. The highest BCUT2D eigenvalue weighted by Crippen LogP contribution is 2.34. The summed E-state index contributed by atoms with van der Waals surface area (Å²) in [5.74, 6) is -1.25. The number of para-hydroxylation sites is 2. The van der Waals surface area contributed by atoms with Crippen LogP contribution in [-0.4, -0.2) is 22.8 Å². The number of fused-ring (bicyclic) bond motifs is 1. The summed E-state index contributed by atoms with van der Waals surface area (Å²) in [6.45, 7) is 1.94. The van der Waals surface area contributed by atoms with E-state index in [0.29, 0.717) is 17.8 Å². The molecule has 6 heteroatoms. The van der Waals surface area contributed by atoms with Crippen LogP contribution in [0.4, 0.5) is 15.8 Å². The van der Waals surface area contributed by atoms with Crippen molar-refractivity contribution in [2.75, 3.05) is 10.2 Å². The maximum atomic E-state index is 13.4. The quantitative estimate of drug-likeness (QED) is 0.947. The first kappa shape index (κ1) is 15.1. The second kappa shape index (κ2) is 6.16. The first-order chi connectivity index (χ1) is 11.1. The molecule has 1 unspecified atom stereocenters. The molecule has 0 saturated heterocycles. The van der Waals surface area contributed by atoms with Crippen molar-refractivity contribution < 1.29 is 14.0 Å². The minimum atomic E-state index is -0.620. The van der Waals surface area contributed by atoms with Crippen LogP contribution in [0.25, 0.3) is 0 Å². The summed E-state index contributed by atoms with van der Waals surface area (Å²) in [4.78, 5) is 30.4. The summed E-state index contributed by atoms with van der Waals surface area (Å²) in [6.07, 6.45) is 3.61. The zero-order chi connectivity index (χ0) is 16.4. The topological polar surface area (TPSA) is 62.3 Å². The van der Waals surface area contributed by atoms with E-state index in [-0.39, 0.29) is 11.5 Å². The Bertz CT molecular complexity index is 763. The van der Waals surface area contributed by atoms with Crippen LogP contribution in [0.15, 0.2) is 42.7 Å². The van der Waals surface area contributed by atoms with Crippen molar-refractivity contribution in [1.82, 2.24) is 4.98 Å². The van der Waals surface area contributed by atoms with Gasteiger partial charge in [-0.3, -0.25) is 19.5 Å². The lowest BCUT2D eigenvalue weighted by atomic mass is 10.0. The molecule has 1 aliphatic heterocycles. The molecule has 5 nitrogen and oxygen atoms in total. The number of carbonyl (C=O) groups excluding carboxylic acids is 2. The highest BCUT2D eigenvalue weighted by Gasteiger charge is 2.36. The molecule has 1 aromatic heterocycles. The predicted octanol–water partition coefficient (Wildman–Crippen LogP) is 2.99. The molecule has 1 aliphatic rings. The Balaban J connectivity index is 2.08. The van der Waals surface area contributed by atoms with E-state index in [1.807, 2.05) is 6.92 Å². The third kappa shape index (κ3) is 2.79. The maximum absolute atomic E-state index is 13.4. The van der Waals surface area contributed by atoms with Gasteiger partial charge in [0.05, 0.1) is 23.1 Å². The molecule has 2 heterocycles. The van der Waals surface area contributed by atoms with E-state index >= 15 is 0 Å². The second-order valence-corrected chi connectivity index (χ2v) is 5.38. The van der Waals surface area contributed by atoms with Crippen molar-refractivity contribution in [2.24, 2.45) is 0 Å². The number of aromatic nitrogens is 1. The average Bonchev–Trinajstić information content (AvgIpc) is 2.55. The summed E-state index contributed by atoms with van der Waals surface area (Å²) in [7, 11) is 0. The average molecular weight is 313 g/mol. The lowest BCUT2D eigenvalue weighted by Crippen LogP contribution is -2.51. The van der Waals surface area contributed by atoms with Crippen molar-refractivity contribution >= 4 is 23.2 Å². The van der Waals surface area contributed by atoms with E-state index in [4.69, 9.17) is 0 Å². The lowest BCUT2D eigenvalue weighted by molar-refractivity contribution is -0.117. The Labute approximate surface area is 133 Å². The van der Waals surface area contributed by atoms with E-state index in [1.165, 1.54) is 11.1 Å². The first-order valence-electron chi connectivity index (χ1n) is 7.46. The molecule has 3 rings (SSSR count). The number of rotatable bonds is 3. The highest BCUT2D eigenvalue weighted by atomic mass is 19.1. The fraction of sp³-hybridized carbons (Fsp3) is 0.235. The molecule has 1 atom stereocenters. The third-order valence-electron chi connectivity index (χ3n) is 3.77. The van der Waals surface area contributed by atoms with Crippen LogP contribution in [0.3, 0.4) is 0 Å². The number of anilines is 2. The van der Waals surface area contributed by atoms with Gasteiger partial charge in [-0.1, -0.05) is 25.5 Å². The number of pyridine rings is 1. The number of nitrogens with one attached hydrogen (secondary N) is 1.